The van der Waals surface area contributed by atoms with Crippen molar-refractivity contribution in [2.75, 3.05) is 6.54 Å². The first-order valence-electron chi connectivity index (χ1n) is 6.52. The molecule has 3 heteroatoms. The van der Waals surface area contributed by atoms with Crippen LogP contribution in [0.2, 0.25) is 0 Å². The van der Waals surface area contributed by atoms with E-state index >= 15 is 0 Å². The fraction of sp³-hybridized carbons (Fsp3) is 0.400. The molecule has 0 fully saturated rings. The van der Waals surface area contributed by atoms with E-state index in [0.717, 1.165) is 29.4 Å². The number of carbonyl (C=O) groups excluding carboxylic acids is 1. The molecule has 1 atom stereocenters. The molecule has 18 heavy (non-hydrogen) atoms. The number of nitrogens with one attached hydrogen (secondary N) is 2. The molecular formula is C15H20N2O. The second-order valence-corrected chi connectivity index (χ2v) is 4.63. The van der Waals surface area contributed by atoms with Crippen LogP contribution in [-0.2, 0) is 0 Å². The van der Waals surface area contributed by atoms with Crippen molar-refractivity contribution in [3.05, 3.63) is 35.5 Å². The molecule has 1 aromatic carbocycles. The third-order valence-electron chi connectivity index (χ3n) is 3.28. The van der Waals surface area contributed by atoms with Crippen LogP contribution < -0.4 is 5.32 Å². The number of benzene rings is 1. The minimum Gasteiger partial charge on any atom is -0.360 e. The van der Waals surface area contributed by atoms with Gasteiger partial charge in [0.15, 0.2) is 5.78 Å². The molecule has 3 nitrogen and oxygen atoms in total. The summed E-state index contributed by atoms with van der Waals surface area (Å²) < 4.78 is 0. The van der Waals surface area contributed by atoms with Gasteiger partial charge in [-0.3, -0.25) is 4.79 Å². The highest BCUT2D eigenvalue weighted by molar-refractivity contribution is 6.10. The Morgan fingerprint density at radius 3 is 2.83 bits per heavy atom. The molecule has 0 bridgehead atoms. The van der Waals surface area contributed by atoms with Gasteiger partial charge in [-0.2, -0.15) is 0 Å². The first-order chi connectivity index (χ1) is 8.67. The summed E-state index contributed by atoms with van der Waals surface area (Å²) in [4.78, 5) is 15.6. The number of likely N-dealkylation sites (N-methyl/N-ethyl adjacent to an activating group) is 1. The van der Waals surface area contributed by atoms with Crippen LogP contribution in [0.4, 0.5) is 0 Å². The SMILES string of the molecule is CCNC(CC)C(=O)c1c[nH]c2cc(C)ccc12. The summed E-state index contributed by atoms with van der Waals surface area (Å²) in [7, 11) is 0. The van der Waals surface area contributed by atoms with Gasteiger partial charge in [-0.25, -0.2) is 0 Å². The van der Waals surface area contributed by atoms with Gasteiger partial charge in [0, 0.05) is 22.7 Å². The van der Waals surface area contributed by atoms with Crippen molar-refractivity contribution < 1.29 is 4.79 Å². The maximum atomic E-state index is 12.4. The molecule has 0 saturated carbocycles. The van der Waals surface area contributed by atoms with Crippen LogP contribution in [0.25, 0.3) is 10.9 Å². The summed E-state index contributed by atoms with van der Waals surface area (Å²) in [5, 5.41) is 4.25. The van der Waals surface area contributed by atoms with Gasteiger partial charge in [0.05, 0.1) is 6.04 Å². The summed E-state index contributed by atoms with van der Waals surface area (Å²) in [5.41, 5.74) is 3.02. The van der Waals surface area contributed by atoms with Gasteiger partial charge in [-0.15, -0.1) is 0 Å². The van der Waals surface area contributed by atoms with Gasteiger partial charge in [-0.1, -0.05) is 26.0 Å². The van der Waals surface area contributed by atoms with Crippen LogP contribution in [0, 0.1) is 6.92 Å². The summed E-state index contributed by atoms with van der Waals surface area (Å²) in [6.07, 6.45) is 2.64. The second kappa shape index (κ2) is 5.36. The third-order valence-corrected chi connectivity index (χ3v) is 3.28. The Kier molecular flexibility index (Phi) is 3.82. The fourth-order valence-corrected chi connectivity index (χ4v) is 2.30. The number of hydrogen-bond donors (Lipinski definition) is 2. The van der Waals surface area contributed by atoms with Gasteiger partial charge >= 0.3 is 0 Å². The number of aromatic nitrogens is 1. The van der Waals surface area contributed by atoms with Crippen LogP contribution in [-0.4, -0.2) is 23.4 Å². The molecule has 1 aromatic heterocycles. The van der Waals surface area contributed by atoms with Crippen molar-refractivity contribution in [2.45, 2.75) is 33.2 Å². The number of fused-ring (bicyclic) bond motifs is 1. The monoisotopic (exact) mass is 244 g/mol. The zero-order valence-corrected chi connectivity index (χ0v) is 11.2. The molecule has 0 aliphatic heterocycles. The number of ketones is 1. The largest absolute Gasteiger partial charge is 0.360 e. The molecule has 2 rings (SSSR count). The molecule has 2 aromatic rings. The number of aryl methyl sites for hydroxylation is 1. The number of H-pyrrole nitrogens is 1. The van der Waals surface area contributed by atoms with E-state index in [9.17, 15) is 4.79 Å². The molecule has 1 unspecified atom stereocenters. The topological polar surface area (TPSA) is 44.9 Å². The second-order valence-electron chi connectivity index (χ2n) is 4.63. The van der Waals surface area contributed by atoms with Gasteiger partial charge in [0.1, 0.15) is 0 Å². The highest BCUT2D eigenvalue weighted by Crippen LogP contribution is 2.21. The molecule has 0 spiro atoms. The molecule has 0 radical (unpaired) electrons. The maximum absolute atomic E-state index is 12.4. The molecule has 2 N–H and O–H groups in total. The van der Waals surface area contributed by atoms with Crippen molar-refractivity contribution in [1.82, 2.24) is 10.3 Å². The Morgan fingerprint density at radius 1 is 1.39 bits per heavy atom. The van der Waals surface area contributed by atoms with E-state index < -0.39 is 0 Å². The summed E-state index contributed by atoms with van der Waals surface area (Å²) in [6, 6.07) is 6.05. The molecule has 0 amide bonds. The zero-order chi connectivity index (χ0) is 13.1. The van der Waals surface area contributed by atoms with E-state index in [1.807, 2.05) is 32.2 Å². The van der Waals surface area contributed by atoms with E-state index in [2.05, 4.69) is 23.3 Å². The number of carbonyl (C=O) groups is 1. The Bertz CT molecular complexity index is 557. The minimum absolute atomic E-state index is 0.0877. The first kappa shape index (κ1) is 12.8. The van der Waals surface area contributed by atoms with E-state index in [1.165, 1.54) is 5.56 Å². The van der Waals surface area contributed by atoms with Gasteiger partial charge < -0.3 is 10.3 Å². The molecule has 96 valence electrons. The van der Waals surface area contributed by atoms with E-state index in [1.54, 1.807) is 0 Å². The summed E-state index contributed by atoms with van der Waals surface area (Å²) >= 11 is 0. The highest BCUT2D eigenvalue weighted by atomic mass is 16.1. The van der Waals surface area contributed by atoms with Crippen molar-refractivity contribution in [3.8, 4) is 0 Å². The van der Waals surface area contributed by atoms with E-state index in [0.29, 0.717) is 0 Å². The average Bonchev–Trinajstić information content (AvgIpc) is 2.77. The smallest absolute Gasteiger partial charge is 0.181 e. The van der Waals surface area contributed by atoms with Gasteiger partial charge in [0.25, 0.3) is 0 Å². The Morgan fingerprint density at radius 2 is 2.17 bits per heavy atom. The summed E-state index contributed by atoms with van der Waals surface area (Å²) in [6.45, 7) is 6.92. The van der Waals surface area contributed by atoms with Crippen molar-refractivity contribution in [3.63, 3.8) is 0 Å². The number of hydrogen-bond acceptors (Lipinski definition) is 2. The predicted octanol–water partition coefficient (Wildman–Crippen LogP) is 3.05. The molecular weight excluding hydrogens is 224 g/mol. The van der Waals surface area contributed by atoms with E-state index in [-0.39, 0.29) is 11.8 Å². The predicted molar refractivity (Wildman–Crippen MR) is 75.1 cm³/mol. The lowest BCUT2D eigenvalue weighted by Gasteiger charge is -2.13. The van der Waals surface area contributed by atoms with Gasteiger partial charge in [0.2, 0.25) is 0 Å². The lowest BCUT2D eigenvalue weighted by atomic mass is 10.0. The molecule has 0 saturated heterocycles. The van der Waals surface area contributed by atoms with Crippen LogP contribution in [0.1, 0.15) is 36.2 Å². The molecule has 0 aliphatic rings. The van der Waals surface area contributed by atoms with Crippen LogP contribution in [0.5, 0.6) is 0 Å². The molecule has 0 aliphatic carbocycles. The zero-order valence-electron chi connectivity index (χ0n) is 11.2. The van der Waals surface area contributed by atoms with Crippen molar-refractivity contribution in [1.29, 1.82) is 0 Å². The van der Waals surface area contributed by atoms with Crippen LogP contribution in [0.15, 0.2) is 24.4 Å². The number of aromatic amines is 1. The standard InChI is InChI=1S/C15H20N2O/c1-4-13(16-5-2)15(18)12-9-17-14-8-10(3)6-7-11(12)14/h6-9,13,16-17H,4-5H2,1-3H3. The Hall–Kier alpha value is -1.61. The van der Waals surface area contributed by atoms with Gasteiger partial charge in [-0.05, 0) is 31.5 Å². The summed E-state index contributed by atoms with van der Waals surface area (Å²) in [5.74, 6) is 0.175. The fourth-order valence-electron chi connectivity index (χ4n) is 2.30. The normalized spacial score (nSPS) is 12.8. The third kappa shape index (κ3) is 2.31. The van der Waals surface area contributed by atoms with Crippen LogP contribution >= 0.6 is 0 Å². The minimum atomic E-state index is -0.0877. The maximum Gasteiger partial charge on any atom is 0.181 e. The van der Waals surface area contributed by atoms with Crippen molar-refractivity contribution in [2.24, 2.45) is 0 Å². The van der Waals surface area contributed by atoms with Crippen molar-refractivity contribution >= 4 is 16.7 Å². The number of Topliss-reactive ketones (excluding diaryl/α,β-unsaturated/α-hetero) is 1. The lowest BCUT2D eigenvalue weighted by Crippen LogP contribution is -2.35. The van der Waals surface area contributed by atoms with Crippen LogP contribution in [0.3, 0.4) is 0 Å². The highest BCUT2D eigenvalue weighted by Gasteiger charge is 2.20. The number of rotatable bonds is 5. The lowest BCUT2D eigenvalue weighted by molar-refractivity contribution is 0.0943. The quantitative estimate of drug-likeness (QED) is 0.794. The van der Waals surface area contributed by atoms with E-state index in [4.69, 9.17) is 0 Å². The first-order valence-corrected chi connectivity index (χ1v) is 6.52. The Labute approximate surface area is 108 Å². The molecule has 1 heterocycles. The Balaban J connectivity index is 2.38. The average molecular weight is 244 g/mol.